The van der Waals surface area contributed by atoms with Crippen molar-refractivity contribution in [1.82, 2.24) is 14.7 Å². The van der Waals surface area contributed by atoms with Gasteiger partial charge in [-0.05, 0) is 43.2 Å². The minimum Gasteiger partial charge on any atom is -0.405 e. The summed E-state index contributed by atoms with van der Waals surface area (Å²) in [6.45, 7) is 0.247. The summed E-state index contributed by atoms with van der Waals surface area (Å²) in [6.07, 6.45) is -1.19. The summed E-state index contributed by atoms with van der Waals surface area (Å²) < 4.78 is 70.0. The lowest BCUT2D eigenvalue weighted by Gasteiger charge is -2.29. The Morgan fingerprint density at radius 2 is 1.68 bits per heavy atom. The number of nitrogens with one attached hydrogen (secondary N) is 3. The van der Waals surface area contributed by atoms with Gasteiger partial charge in [0.25, 0.3) is 0 Å². The fourth-order valence-electron chi connectivity index (χ4n) is 4.59. The highest BCUT2D eigenvalue weighted by molar-refractivity contribution is 7.88. The van der Waals surface area contributed by atoms with Crippen LogP contribution in [0.3, 0.4) is 0 Å². The highest BCUT2D eigenvalue weighted by Crippen LogP contribution is 2.29. The fraction of sp³-hybridized carbons (Fsp3) is 0.385. The number of nitrogens with zero attached hydrogens (tertiary/aromatic N) is 3. The molecular formula is C26H29F3N6O5S. The van der Waals surface area contributed by atoms with Gasteiger partial charge in [0.15, 0.2) is 0 Å². The third-order valence-corrected chi connectivity index (χ3v) is 7.96. The molecule has 1 aliphatic rings. The van der Waals surface area contributed by atoms with Crippen molar-refractivity contribution in [2.24, 2.45) is 5.92 Å². The molecule has 1 aliphatic carbocycles. The number of para-hydroxylation sites is 1. The fourth-order valence-corrected chi connectivity index (χ4v) is 6.05. The van der Waals surface area contributed by atoms with Crippen LogP contribution in [0, 0.1) is 16.0 Å². The molecule has 0 amide bonds. The first-order chi connectivity index (χ1) is 19.5. The third-order valence-electron chi connectivity index (χ3n) is 6.55. The minimum absolute atomic E-state index is 0.0172. The van der Waals surface area contributed by atoms with E-state index in [-0.39, 0.29) is 53.0 Å². The van der Waals surface area contributed by atoms with Crippen LogP contribution in [0.15, 0.2) is 60.8 Å². The number of hydrogen-bond acceptors (Lipinski definition) is 9. The van der Waals surface area contributed by atoms with Crippen LogP contribution >= 0.6 is 0 Å². The molecule has 1 aromatic heterocycles. The van der Waals surface area contributed by atoms with E-state index >= 15 is 0 Å². The number of anilines is 2. The molecule has 0 radical (unpaired) electrons. The lowest BCUT2D eigenvalue weighted by atomic mass is 9.86. The Kier molecular flexibility index (Phi) is 9.60. The van der Waals surface area contributed by atoms with Crippen LogP contribution in [0.1, 0.15) is 36.8 Å². The van der Waals surface area contributed by atoms with E-state index in [4.69, 9.17) is 0 Å². The Morgan fingerprint density at radius 3 is 2.37 bits per heavy atom. The maximum Gasteiger partial charge on any atom is 0.573 e. The number of hydrogen-bond donors (Lipinski definition) is 3. The molecule has 0 saturated heterocycles. The van der Waals surface area contributed by atoms with Crippen LogP contribution in [0.5, 0.6) is 5.75 Å². The first-order valence-corrected chi connectivity index (χ1v) is 14.5. The number of benzene rings is 2. The summed E-state index contributed by atoms with van der Waals surface area (Å²) in [4.78, 5) is 19.0. The highest BCUT2D eigenvalue weighted by atomic mass is 32.2. The molecule has 15 heteroatoms. The van der Waals surface area contributed by atoms with E-state index in [9.17, 15) is 31.7 Å². The molecule has 3 N–H and O–H groups in total. The van der Waals surface area contributed by atoms with Gasteiger partial charge in [-0.25, -0.2) is 18.1 Å². The highest BCUT2D eigenvalue weighted by Gasteiger charge is 2.32. The van der Waals surface area contributed by atoms with E-state index < -0.39 is 21.3 Å². The molecule has 0 spiro atoms. The SMILES string of the molecule is O=[N+]([O-])c1cnc(NCc2ccccc2OC(F)(F)F)nc1NCC1CCC(NS(=O)(=O)Cc2ccccc2)CC1. The molecule has 220 valence electrons. The molecule has 4 rings (SSSR count). The molecule has 1 saturated carbocycles. The van der Waals surface area contributed by atoms with Gasteiger partial charge in [0.1, 0.15) is 11.9 Å². The van der Waals surface area contributed by atoms with Gasteiger partial charge in [-0.1, -0.05) is 48.5 Å². The number of ether oxygens (including phenoxy) is 1. The molecule has 2 aromatic carbocycles. The maximum absolute atomic E-state index is 12.7. The van der Waals surface area contributed by atoms with Gasteiger partial charge in [-0.15, -0.1) is 13.2 Å². The Labute approximate surface area is 234 Å². The van der Waals surface area contributed by atoms with Gasteiger partial charge in [-0.2, -0.15) is 4.98 Å². The molecule has 0 aliphatic heterocycles. The standard InChI is InChI=1S/C26H29F3N6O5S/c27-26(28,29)40-23-9-5-4-8-20(23)15-31-25-32-16-22(35(36)37)24(33-25)30-14-18-10-12-21(13-11-18)34-41(38,39)17-19-6-2-1-3-7-19/h1-9,16,18,21,34H,10-15,17H2,(H2,30,31,32,33). The van der Waals surface area contributed by atoms with Crippen LogP contribution in [-0.2, 0) is 22.3 Å². The number of nitro groups is 1. The van der Waals surface area contributed by atoms with Crippen molar-refractivity contribution in [1.29, 1.82) is 0 Å². The summed E-state index contributed by atoms with van der Waals surface area (Å²) in [5.74, 6) is -0.397. The monoisotopic (exact) mass is 594 g/mol. The number of alkyl halides is 3. The topological polar surface area (TPSA) is 148 Å². The van der Waals surface area contributed by atoms with Crippen LogP contribution in [0.25, 0.3) is 0 Å². The second kappa shape index (κ2) is 13.1. The molecule has 0 bridgehead atoms. The van der Waals surface area contributed by atoms with Crippen molar-refractivity contribution in [3.05, 3.63) is 82.0 Å². The van der Waals surface area contributed by atoms with Crippen LogP contribution in [0.4, 0.5) is 30.6 Å². The average Bonchev–Trinajstić information content (AvgIpc) is 2.91. The van der Waals surface area contributed by atoms with E-state index in [1.807, 2.05) is 6.07 Å². The number of rotatable bonds is 12. The second-order valence-electron chi connectivity index (χ2n) is 9.65. The Bertz CT molecular complexity index is 1440. The molecule has 0 unspecified atom stereocenters. The van der Waals surface area contributed by atoms with Gasteiger partial charge in [0, 0.05) is 24.7 Å². The summed E-state index contributed by atoms with van der Waals surface area (Å²) in [7, 11) is -3.49. The van der Waals surface area contributed by atoms with Gasteiger partial charge >= 0.3 is 12.0 Å². The molecule has 1 fully saturated rings. The van der Waals surface area contributed by atoms with Crippen molar-refractivity contribution < 1.29 is 31.2 Å². The Balaban J connectivity index is 1.32. The predicted molar refractivity (Wildman–Crippen MR) is 146 cm³/mol. The average molecular weight is 595 g/mol. The van der Waals surface area contributed by atoms with Crippen molar-refractivity contribution >= 4 is 27.5 Å². The largest absolute Gasteiger partial charge is 0.573 e. The quantitative estimate of drug-likeness (QED) is 0.195. The van der Waals surface area contributed by atoms with Gasteiger partial charge < -0.3 is 15.4 Å². The molecular weight excluding hydrogens is 565 g/mol. The maximum atomic E-state index is 12.7. The minimum atomic E-state index is -4.86. The van der Waals surface area contributed by atoms with Crippen LogP contribution in [0.2, 0.25) is 0 Å². The number of sulfonamides is 1. The van der Waals surface area contributed by atoms with Crippen LogP contribution < -0.4 is 20.1 Å². The van der Waals surface area contributed by atoms with Crippen molar-refractivity contribution in [3.63, 3.8) is 0 Å². The summed E-state index contributed by atoms with van der Waals surface area (Å²) >= 11 is 0. The zero-order valence-electron chi connectivity index (χ0n) is 21.8. The Hall–Kier alpha value is -3.98. The number of halogens is 3. The molecule has 1 heterocycles. The molecule has 0 atom stereocenters. The smallest absolute Gasteiger partial charge is 0.405 e. The third kappa shape index (κ3) is 9.28. The van der Waals surface area contributed by atoms with E-state index in [1.54, 1.807) is 30.3 Å². The predicted octanol–water partition coefficient (Wildman–Crippen LogP) is 4.99. The van der Waals surface area contributed by atoms with E-state index in [2.05, 4.69) is 30.1 Å². The normalized spacial score (nSPS) is 17.5. The molecule has 3 aromatic rings. The summed E-state index contributed by atoms with van der Waals surface area (Å²) in [5, 5.41) is 17.3. The van der Waals surface area contributed by atoms with E-state index in [0.717, 1.165) is 6.20 Å². The van der Waals surface area contributed by atoms with E-state index in [1.165, 1.54) is 18.2 Å². The number of aromatic nitrogens is 2. The summed E-state index contributed by atoms with van der Waals surface area (Å²) in [5.41, 5.74) is 0.549. The van der Waals surface area contributed by atoms with Crippen molar-refractivity contribution in [3.8, 4) is 5.75 Å². The zero-order valence-corrected chi connectivity index (χ0v) is 22.6. The van der Waals surface area contributed by atoms with Gasteiger partial charge in [-0.3, -0.25) is 10.1 Å². The molecule has 11 nitrogen and oxygen atoms in total. The van der Waals surface area contributed by atoms with Crippen molar-refractivity contribution in [2.75, 3.05) is 17.2 Å². The van der Waals surface area contributed by atoms with Crippen molar-refractivity contribution in [2.45, 2.75) is 50.4 Å². The second-order valence-corrected chi connectivity index (χ2v) is 11.4. The first kappa shape index (κ1) is 30.0. The van der Waals surface area contributed by atoms with Gasteiger partial charge in [0.05, 0.1) is 10.7 Å². The van der Waals surface area contributed by atoms with E-state index in [0.29, 0.717) is 37.8 Å². The Morgan fingerprint density at radius 1 is 1.00 bits per heavy atom. The summed E-state index contributed by atoms with van der Waals surface area (Å²) in [6, 6.07) is 14.3. The first-order valence-electron chi connectivity index (χ1n) is 12.8. The van der Waals surface area contributed by atoms with Gasteiger partial charge in [0.2, 0.25) is 21.8 Å². The lowest BCUT2D eigenvalue weighted by molar-refractivity contribution is -0.384. The molecule has 41 heavy (non-hydrogen) atoms. The van der Waals surface area contributed by atoms with Crippen LogP contribution in [-0.4, -0.2) is 42.3 Å². The zero-order chi connectivity index (χ0) is 29.5. The lowest BCUT2D eigenvalue weighted by Crippen LogP contribution is -2.39.